The van der Waals surface area contributed by atoms with E-state index in [1.54, 1.807) is 0 Å². The van der Waals surface area contributed by atoms with Gasteiger partial charge in [-0.1, -0.05) is 23.8 Å². The maximum Gasteiger partial charge on any atom is 0.231 e. The number of aliphatic hydroxyl groups excluding tert-OH is 1. The molecule has 0 spiro atoms. The summed E-state index contributed by atoms with van der Waals surface area (Å²) in [7, 11) is 0. The van der Waals surface area contributed by atoms with Crippen LogP contribution >= 0.6 is 24.8 Å². The summed E-state index contributed by atoms with van der Waals surface area (Å²) in [5, 5.41) is 10.3. The average Bonchev–Trinajstić information content (AvgIpc) is 3.17. The van der Waals surface area contributed by atoms with Crippen molar-refractivity contribution < 1.29 is 19.3 Å². The van der Waals surface area contributed by atoms with Crippen molar-refractivity contribution in [2.45, 2.75) is 19.6 Å². The van der Waals surface area contributed by atoms with Gasteiger partial charge >= 0.3 is 0 Å². The van der Waals surface area contributed by atoms with Crippen LogP contribution in [0.2, 0.25) is 0 Å². The van der Waals surface area contributed by atoms with Crippen molar-refractivity contribution in [1.82, 2.24) is 9.80 Å². The van der Waals surface area contributed by atoms with Gasteiger partial charge in [0.2, 0.25) is 6.79 Å². The van der Waals surface area contributed by atoms with E-state index < -0.39 is 6.10 Å². The summed E-state index contributed by atoms with van der Waals surface area (Å²) in [6, 6.07) is 14.1. The van der Waals surface area contributed by atoms with Crippen LogP contribution in [-0.2, 0) is 6.54 Å². The molecular weight excluding hydrogens is 427 g/mol. The van der Waals surface area contributed by atoms with Gasteiger partial charge in [-0.15, -0.1) is 24.8 Å². The zero-order chi connectivity index (χ0) is 19.3. The number of halogens is 2. The Bertz CT molecular complexity index is 783. The summed E-state index contributed by atoms with van der Waals surface area (Å²) in [5.74, 6) is 2.47. The van der Waals surface area contributed by atoms with Crippen LogP contribution in [0.15, 0.2) is 42.5 Å². The molecule has 4 rings (SSSR count). The van der Waals surface area contributed by atoms with Gasteiger partial charge in [0.15, 0.2) is 11.5 Å². The van der Waals surface area contributed by atoms with Crippen molar-refractivity contribution in [3.8, 4) is 17.2 Å². The van der Waals surface area contributed by atoms with E-state index in [9.17, 15) is 5.11 Å². The second-order valence-electron chi connectivity index (χ2n) is 7.54. The number of rotatable bonds is 7. The van der Waals surface area contributed by atoms with Gasteiger partial charge in [0.1, 0.15) is 18.5 Å². The highest BCUT2D eigenvalue weighted by Gasteiger charge is 2.20. The molecule has 0 radical (unpaired) electrons. The van der Waals surface area contributed by atoms with E-state index in [4.69, 9.17) is 14.2 Å². The summed E-state index contributed by atoms with van der Waals surface area (Å²) in [5.41, 5.74) is 2.44. The Kier molecular flexibility index (Phi) is 9.52. The molecule has 8 heteroatoms. The fraction of sp³-hybridized carbons (Fsp3) is 0.455. The minimum Gasteiger partial charge on any atom is -0.491 e. The first-order valence-corrected chi connectivity index (χ1v) is 9.86. The molecule has 1 atom stereocenters. The zero-order valence-corrected chi connectivity index (χ0v) is 18.8. The summed E-state index contributed by atoms with van der Waals surface area (Å²) in [4.78, 5) is 4.74. The highest BCUT2D eigenvalue weighted by molar-refractivity contribution is 5.85. The molecule has 0 amide bonds. The SMILES string of the molecule is Cc1ccc(OCC(O)CN2CCN(Cc3ccc4c(c3)OCO4)CC2)cc1.Cl.Cl. The Balaban J connectivity index is 0.00000160. The number of β-amino-alcohol motifs (C(OH)–C–C–N with tert-alkyl or cyclic N) is 1. The Morgan fingerprint density at radius 2 is 1.60 bits per heavy atom. The number of benzene rings is 2. The Hall–Kier alpha value is -1.70. The van der Waals surface area contributed by atoms with Gasteiger partial charge in [-0.3, -0.25) is 9.80 Å². The number of fused-ring (bicyclic) bond motifs is 1. The molecule has 2 aliphatic rings. The van der Waals surface area contributed by atoms with E-state index in [2.05, 4.69) is 21.9 Å². The first-order chi connectivity index (χ1) is 13.7. The zero-order valence-electron chi connectivity index (χ0n) is 17.2. The van der Waals surface area contributed by atoms with Crippen LogP contribution < -0.4 is 14.2 Å². The Morgan fingerprint density at radius 1 is 0.933 bits per heavy atom. The van der Waals surface area contributed by atoms with E-state index in [-0.39, 0.29) is 24.8 Å². The maximum absolute atomic E-state index is 10.3. The summed E-state index contributed by atoms with van der Waals surface area (Å²) in [6.45, 7) is 8.10. The van der Waals surface area contributed by atoms with Gasteiger partial charge < -0.3 is 19.3 Å². The number of ether oxygens (including phenoxy) is 3. The lowest BCUT2D eigenvalue weighted by molar-refractivity contribution is 0.0446. The number of piperazine rings is 1. The highest BCUT2D eigenvalue weighted by Crippen LogP contribution is 2.32. The molecule has 2 aromatic rings. The van der Waals surface area contributed by atoms with Gasteiger partial charge in [0.25, 0.3) is 0 Å². The van der Waals surface area contributed by atoms with Gasteiger partial charge in [0, 0.05) is 39.3 Å². The predicted octanol–water partition coefficient (Wildman–Crippen LogP) is 3.12. The molecule has 166 valence electrons. The lowest BCUT2D eigenvalue weighted by atomic mass is 10.1. The normalized spacial score (nSPS) is 17.0. The maximum atomic E-state index is 10.3. The van der Waals surface area contributed by atoms with Gasteiger partial charge in [0.05, 0.1) is 0 Å². The third-order valence-corrected chi connectivity index (χ3v) is 5.24. The fourth-order valence-electron chi connectivity index (χ4n) is 3.61. The van der Waals surface area contributed by atoms with Crippen LogP contribution in [0.3, 0.4) is 0 Å². The molecule has 1 unspecified atom stereocenters. The first kappa shape index (κ1) is 24.6. The molecule has 6 nitrogen and oxygen atoms in total. The average molecular weight is 457 g/mol. The molecule has 1 N–H and O–H groups in total. The van der Waals surface area contributed by atoms with Crippen molar-refractivity contribution in [3.63, 3.8) is 0 Å². The first-order valence-electron chi connectivity index (χ1n) is 9.86. The number of hydrogen-bond acceptors (Lipinski definition) is 6. The van der Waals surface area contributed by atoms with E-state index >= 15 is 0 Å². The largest absolute Gasteiger partial charge is 0.491 e. The lowest BCUT2D eigenvalue weighted by Gasteiger charge is -2.35. The Labute approximate surface area is 190 Å². The summed E-state index contributed by atoms with van der Waals surface area (Å²) < 4.78 is 16.5. The molecular formula is C22H30Cl2N2O4. The smallest absolute Gasteiger partial charge is 0.231 e. The molecule has 2 aliphatic heterocycles. The number of aliphatic hydroxyl groups is 1. The summed E-state index contributed by atoms with van der Waals surface area (Å²) in [6.07, 6.45) is -0.485. The van der Waals surface area contributed by atoms with E-state index in [0.29, 0.717) is 19.9 Å². The van der Waals surface area contributed by atoms with Gasteiger partial charge in [-0.2, -0.15) is 0 Å². The molecule has 1 fully saturated rings. The van der Waals surface area contributed by atoms with Crippen LogP contribution in [-0.4, -0.2) is 67.1 Å². The van der Waals surface area contributed by atoms with Crippen molar-refractivity contribution in [3.05, 3.63) is 53.6 Å². The number of aryl methyl sites for hydroxylation is 1. The third-order valence-electron chi connectivity index (χ3n) is 5.24. The second kappa shape index (κ2) is 11.6. The second-order valence-corrected chi connectivity index (χ2v) is 7.54. The molecule has 0 saturated carbocycles. The number of nitrogens with zero attached hydrogens (tertiary/aromatic N) is 2. The molecule has 0 aliphatic carbocycles. The van der Waals surface area contributed by atoms with Crippen molar-refractivity contribution in [2.24, 2.45) is 0 Å². The Morgan fingerprint density at radius 3 is 2.33 bits per heavy atom. The molecule has 0 aromatic heterocycles. The van der Waals surface area contributed by atoms with Crippen LogP contribution in [0.4, 0.5) is 0 Å². The van der Waals surface area contributed by atoms with Gasteiger partial charge in [-0.25, -0.2) is 0 Å². The standard InChI is InChI=1S/C22H28N2O4.2ClH/c1-17-2-5-20(6-3-17)26-15-19(25)14-24-10-8-23(9-11-24)13-18-4-7-21-22(12-18)28-16-27-21;;/h2-7,12,19,25H,8-11,13-16H2,1H3;2*1H. The van der Waals surface area contributed by atoms with Crippen molar-refractivity contribution >= 4 is 24.8 Å². The van der Waals surface area contributed by atoms with Crippen LogP contribution in [0, 0.1) is 6.92 Å². The third kappa shape index (κ3) is 6.65. The van der Waals surface area contributed by atoms with Crippen molar-refractivity contribution in [1.29, 1.82) is 0 Å². The van der Waals surface area contributed by atoms with Crippen molar-refractivity contribution in [2.75, 3.05) is 46.1 Å². The quantitative estimate of drug-likeness (QED) is 0.690. The monoisotopic (exact) mass is 456 g/mol. The minimum absolute atomic E-state index is 0. The fourth-order valence-corrected chi connectivity index (χ4v) is 3.61. The molecule has 2 aromatic carbocycles. The molecule has 2 heterocycles. The minimum atomic E-state index is -0.485. The lowest BCUT2D eigenvalue weighted by Crippen LogP contribution is -2.48. The highest BCUT2D eigenvalue weighted by atomic mass is 35.5. The van der Waals surface area contributed by atoms with E-state index in [1.165, 1.54) is 11.1 Å². The topological polar surface area (TPSA) is 54.4 Å². The molecule has 0 bridgehead atoms. The summed E-state index contributed by atoms with van der Waals surface area (Å²) >= 11 is 0. The van der Waals surface area contributed by atoms with Crippen LogP contribution in [0.25, 0.3) is 0 Å². The van der Waals surface area contributed by atoms with Gasteiger partial charge in [-0.05, 0) is 36.8 Å². The molecule has 30 heavy (non-hydrogen) atoms. The predicted molar refractivity (Wildman–Crippen MR) is 121 cm³/mol. The van der Waals surface area contributed by atoms with Crippen LogP contribution in [0.5, 0.6) is 17.2 Å². The number of hydrogen-bond donors (Lipinski definition) is 1. The van der Waals surface area contributed by atoms with E-state index in [0.717, 1.165) is 50.0 Å². The van der Waals surface area contributed by atoms with E-state index in [1.807, 2.05) is 37.3 Å². The van der Waals surface area contributed by atoms with Crippen LogP contribution in [0.1, 0.15) is 11.1 Å². The molecule has 1 saturated heterocycles.